The van der Waals surface area contributed by atoms with E-state index in [4.69, 9.17) is 17.3 Å². The van der Waals surface area contributed by atoms with Crippen molar-refractivity contribution in [1.82, 2.24) is 19.9 Å². The van der Waals surface area contributed by atoms with E-state index in [1.54, 1.807) is 37.4 Å². The quantitative estimate of drug-likeness (QED) is 0.746. The number of aromatic nitrogens is 3. The van der Waals surface area contributed by atoms with Crippen molar-refractivity contribution in [3.05, 3.63) is 76.6 Å². The Labute approximate surface area is 155 Å². The number of benzene rings is 2. The van der Waals surface area contributed by atoms with Crippen molar-refractivity contribution < 1.29 is 9.59 Å². The number of hydrogen-bond donors (Lipinski definition) is 1. The third-order valence-corrected chi connectivity index (χ3v) is 4.11. The zero-order valence-electron chi connectivity index (χ0n) is 14.0. The van der Waals surface area contributed by atoms with Crippen LogP contribution in [0.2, 0.25) is 5.02 Å². The van der Waals surface area contributed by atoms with Gasteiger partial charge >= 0.3 is 0 Å². The van der Waals surface area contributed by atoms with E-state index in [1.807, 2.05) is 18.2 Å². The molecular formula is C18H16ClN5O2. The Balaban J connectivity index is 1.76. The topological polar surface area (TPSA) is 94.1 Å². The molecule has 0 atom stereocenters. The van der Waals surface area contributed by atoms with Crippen molar-refractivity contribution >= 4 is 23.4 Å². The molecule has 2 N–H and O–H groups in total. The second kappa shape index (κ2) is 7.37. The number of nitrogens with two attached hydrogens (primary N) is 1. The minimum absolute atomic E-state index is 0.193. The molecule has 0 unspecified atom stereocenters. The predicted molar refractivity (Wildman–Crippen MR) is 97.1 cm³/mol. The van der Waals surface area contributed by atoms with Gasteiger partial charge in [0.15, 0.2) is 5.69 Å². The lowest BCUT2D eigenvalue weighted by Crippen LogP contribution is -2.26. The van der Waals surface area contributed by atoms with Gasteiger partial charge in [0.1, 0.15) is 0 Å². The number of para-hydroxylation sites is 1. The van der Waals surface area contributed by atoms with Crippen molar-refractivity contribution in [2.75, 3.05) is 7.05 Å². The van der Waals surface area contributed by atoms with Crippen LogP contribution in [-0.2, 0) is 6.54 Å². The summed E-state index contributed by atoms with van der Waals surface area (Å²) in [5.74, 6) is -0.809. The molecule has 26 heavy (non-hydrogen) atoms. The van der Waals surface area contributed by atoms with E-state index in [9.17, 15) is 9.59 Å². The monoisotopic (exact) mass is 369 g/mol. The first-order chi connectivity index (χ1) is 12.5. The standard InChI is InChI=1S/C18H16ClN5O2/c1-23(10-12-5-4-6-13(9-12)17(20)25)18(26)15-11-24(22-21-15)16-8-3-2-7-14(16)19/h2-9,11H,10H2,1H3,(H2,20,25). The van der Waals surface area contributed by atoms with Crippen LogP contribution >= 0.6 is 11.6 Å². The van der Waals surface area contributed by atoms with Gasteiger partial charge in [0.2, 0.25) is 5.91 Å². The number of amides is 2. The number of carbonyl (C=O) groups is 2. The van der Waals surface area contributed by atoms with Gasteiger partial charge in [-0.2, -0.15) is 0 Å². The molecule has 0 fully saturated rings. The Morgan fingerprint density at radius 2 is 1.96 bits per heavy atom. The summed E-state index contributed by atoms with van der Waals surface area (Å²) < 4.78 is 1.46. The zero-order valence-corrected chi connectivity index (χ0v) is 14.7. The molecule has 0 aliphatic carbocycles. The van der Waals surface area contributed by atoms with E-state index in [0.717, 1.165) is 5.56 Å². The van der Waals surface area contributed by atoms with Crippen LogP contribution in [0.15, 0.2) is 54.7 Å². The first-order valence-corrected chi connectivity index (χ1v) is 8.15. The van der Waals surface area contributed by atoms with Crippen LogP contribution < -0.4 is 5.73 Å². The Morgan fingerprint density at radius 3 is 2.69 bits per heavy atom. The summed E-state index contributed by atoms with van der Waals surface area (Å²) >= 11 is 6.14. The van der Waals surface area contributed by atoms with Crippen molar-refractivity contribution in [2.24, 2.45) is 5.73 Å². The first kappa shape index (κ1) is 17.6. The van der Waals surface area contributed by atoms with Gasteiger partial charge in [-0.15, -0.1) is 5.10 Å². The summed E-state index contributed by atoms with van der Waals surface area (Å²) in [7, 11) is 1.65. The number of carbonyl (C=O) groups excluding carboxylic acids is 2. The second-order valence-electron chi connectivity index (χ2n) is 5.73. The average molecular weight is 370 g/mol. The molecule has 3 rings (SSSR count). The summed E-state index contributed by atoms with van der Waals surface area (Å²) in [5.41, 5.74) is 7.30. The van der Waals surface area contributed by atoms with Crippen molar-refractivity contribution in [1.29, 1.82) is 0 Å². The summed E-state index contributed by atoms with van der Waals surface area (Å²) in [6, 6.07) is 14.0. The highest BCUT2D eigenvalue weighted by atomic mass is 35.5. The van der Waals surface area contributed by atoms with E-state index in [-0.39, 0.29) is 11.6 Å². The molecule has 0 bridgehead atoms. The molecule has 1 aromatic heterocycles. The maximum Gasteiger partial charge on any atom is 0.276 e. The Morgan fingerprint density at radius 1 is 1.19 bits per heavy atom. The summed E-state index contributed by atoms with van der Waals surface area (Å²) in [4.78, 5) is 25.3. The van der Waals surface area contributed by atoms with Crippen molar-refractivity contribution in [3.8, 4) is 5.69 Å². The average Bonchev–Trinajstić information content (AvgIpc) is 3.11. The summed E-state index contributed by atoms with van der Waals surface area (Å²) in [6.45, 7) is 0.304. The van der Waals surface area contributed by atoms with Crippen LogP contribution in [0.3, 0.4) is 0 Å². The Hall–Kier alpha value is -3.19. The lowest BCUT2D eigenvalue weighted by Gasteiger charge is -2.16. The van der Waals surface area contributed by atoms with Crippen LogP contribution in [0.4, 0.5) is 0 Å². The molecule has 7 nitrogen and oxygen atoms in total. The molecular weight excluding hydrogens is 354 g/mol. The fourth-order valence-electron chi connectivity index (χ4n) is 2.48. The van der Waals surface area contributed by atoms with Gasteiger partial charge in [0.05, 0.1) is 16.9 Å². The lowest BCUT2D eigenvalue weighted by atomic mass is 10.1. The highest BCUT2D eigenvalue weighted by Gasteiger charge is 2.17. The molecule has 2 aromatic carbocycles. The molecule has 0 aliphatic rings. The number of halogens is 1. The van der Waals surface area contributed by atoms with Gasteiger partial charge < -0.3 is 10.6 Å². The minimum Gasteiger partial charge on any atom is -0.366 e. The fraction of sp³-hybridized carbons (Fsp3) is 0.111. The molecule has 8 heteroatoms. The van der Waals surface area contributed by atoms with Gasteiger partial charge in [-0.05, 0) is 29.8 Å². The lowest BCUT2D eigenvalue weighted by molar-refractivity contribution is 0.0779. The summed E-state index contributed by atoms with van der Waals surface area (Å²) in [5, 5.41) is 8.41. The molecule has 0 radical (unpaired) electrons. The van der Waals surface area contributed by atoms with E-state index in [1.165, 1.54) is 15.8 Å². The van der Waals surface area contributed by atoms with Gasteiger partial charge in [0, 0.05) is 19.2 Å². The fourth-order valence-corrected chi connectivity index (χ4v) is 2.70. The van der Waals surface area contributed by atoms with E-state index in [0.29, 0.717) is 22.8 Å². The maximum atomic E-state index is 12.6. The first-order valence-electron chi connectivity index (χ1n) is 7.77. The van der Waals surface area contributed by atoms with Crippen molar-refractivity contribution in [2.45, 2.75) is 6.54 Å². The van der Waals surface area contributed by atoms with Crippen molar-refractivity contribution in [3.63, 3.8) is 0 Å². The van der Waals surface area contributed by atoms with Gasteiger partial charge in [-0.3, -0.25) is 9.59 Å². The Bertz CT molecular complexity index is 969. The number of hydrogen-bond acceptors (Lipinski definition) is 4. The largest absolute Gasteiger partial charge is 0.366 e. The Kier molecular flexibility index (Phi) is 4.99. The second-order valence-corrected chi connectivity index (χ2v) is 6.13. The zero-order chi connectivity index (χ0) is 18.7. The normalized spacial score (nSPS) is 10.5. The summed E-state index contributed by atoms with van der Waals surface area (Å²) in [6.07, 6.45) is 1.53. The number of rotatable bonds is 5. The van der Waals surface area contributed by atoms with E-state index >= 15 is 0 Å². The minimum atomic E-state index is -0.511. The van der Waals surface area contributed by atoms with E-state index < -0.39 is 5.91 Å². The molecule has 3 aromatic rings. The molecule has 0 aliphatic heterocycles. The smallest absolute Gasteiger partial charge is 0.276 e. The molecule has 0 saturated heterocycles. The number of nitrogens with zero attached hydrogens (tertiary/aromatic N) is 4. The van der Waals surface area contributed by atoms with Gasteiger partial charge in [-0.1, -0.05) is 41.1 Å². The molecule has 0 spiro atoms. The maximum absolute atomic E-state index is 12.6. The third-order valence-electron chi connectivity index (χ3n) is 3.79. The molecule has 0 saturated carbocycles. The van der Waals surface area contributed by atoms with E-state index in [2.05, 4.69) is 10.3 Å². The van der Waals surface area contributed by atoms with Gasteiger partial charge in [-0.25, -0.2) is 4.68 Å². The highest BCUT2D eigenvalue weighted by molar-refractivity contribution is 6.32. The SMILES string of the molecule is CN(Cc1cccc(C(N)=O)c1)C(=O)c1cn(-c2ccccc2Cl)nn1. The predicted octanol–water partition coefficient (Wildman–Crippen LogP) is 2.29. The van der Waals surface area contributed by atoms with Gasteiger partial charge in [0.25, 0.3) is 5.91 Å². The highest BCUT2D eigenvalue weighted by Crippen LogP contribution is 2.19. The molecule has 132 valence electrons. The molecule has 2 amide bonds. The van der Waals surface area contributed by atoms with Crippen LogP contribution in [0.25, 0.3) is 5.69 Å². The third kappa shape index (κ3) is 3.73. The molecule has 1 heterocycles. The number of primary amides is 1. The van der Waals surface area contributed by atoms with Crippen LogP contribution in [0.5, 0.6) is 0 Å². The van der Waals surface area contributed by atoms with Crippen LogP contribution in [0, 0.1) is 0 Å². The van der Waals surface area contributed by atoms with Crippen LogP contribution in [0.1, 0.15) is 26.4 Å². The van der Waals surface area contributed by atoms with Crippen LogP contribution in [-0.4, -0.2) is 38.8 Å².